The van der Waals surface area contributed by atoms with Gasteiger partial charge in [-0.3, -0.25) is 0 Å². The average molecular weight is 276 g/mol. The summed E-state index contributed by atoms with van der Waals surface area (Å²) in [6, 6.07) is 1.92. The van der Waals surface area contributed by atoms with Crippen LogP contribution >= 0.6 is 0 Å². The maximum Gasteiger partial charge on any atom is 0.228 e. The fourth-order valence-electron chi connectivity index (χ4n) is 1.69. The molecule has 20 heavy (non-hydrogen) atoms. The van der Waals surface area contributed by atoms with Crippen LogP contribution in [0.4, 0.5) is 11.6 Å². The van der Waals surface area contributed by atoms with E-state index in [9.17, 15) is 0 Å². The van der Waals surface area contributed by atoms with E-state index < -0.39 is 0 Å². The van der Waals surface area contributed by atoms with Gasteiger partial charge in [-0.05, 0) is 6.42 Å². The third-order valence-corrected chi connectivity index (χ3v) is 2.70. The van der Waals surface area contributed by atoms with E-state index in [1.54, 1.807) is 0 Å². The zero-order valence-electron chi connectivity index (χ0n) is 11.9. The Kier molecular flexibility index (Phi) is 5.28. The molecule has 0 saturated carbocycles. The Labute approximate surface area is 118 Å². The monoisotopic (exact) mass is 276 g/mol. The topological polar surface area (TPSA) is 88.8 Å². The Balaban J connectivity index is 1.94. The first-order valence-corrected chi connectivity index (χ1v) is 6.93. The van der Waals surface area contributed by atoms with Gasteiger partial charge < -0.3 is 15.2 Å². The van der Waals surface area contributed by atoms with Crippen molar-refractivity contribution in [1.82, 2.24) is 20.1 Å². The summed E-state index contributed by atoms with van der Waals surface area (Å²) in [6.45, 7) is 5.76. The lowest BCUT2D eigenvalue weighted by atomic mass is 10.4. The summed E-state index contributed by atoms with van der Waals surface area (Å²) >= 11 is 0. The van der Waals surface area contributed by atoms with Gasteiger partial charge in [-0.2, -0.15) is 4.98 Å². The molecule has 0 aliphatic rings. The summed E-state index contributed by atoms with van der Waals surface area (Å²) < 4.78 is 4.95. The van der Waals surface area contributed by atoms with Crippen molar-refractivity contribution in [2.24, 2.45) is 0 Å². The number of anilines is 2. The molecule has 0 saturated heterocycles. The molecule has 0 spiro atoms. The maximum atomic E-state index is 4.95. The zero-order chi connectivity index (χ0) is 14.2. The highest BCUT2D eigenvalue weighted by Gasteiger charge is 2.04. The van der Waals surface area contributed by atoms with Crippen LogP contribution in [0.25, 0.3) is 0 Å². The minimum absolute atomic E-state index is 0.617. The number of rotatable bonds is 8. The molecule has 0 aromatic carbocycles. The Morgan fingerprint density at radius 1 is 1.10 bits per heavy atom. The normalized spacial score (nSPS) is 10.5. The highest BCUT2D eigenvalue weighted by Crippen LogP contribution is 2.12. The van der Waals surface area contributed by atoms with Gasteiger partial charge in [-0.15, -0.1) is 0 Å². The zero-order valence-corrected chi connectivity index (χ0v) is 11.9. The standard InChI is InChI=1S/C13H20N6O/c1-3-6-14-11-8-12(19-10(4-2)18-11)15-7-5-13-16-9-17-20-13/h8-9H,3-7H2,1-2H3,(H2,14,15,18,19). The number of aromatic nitrogens is 4. The number of hydrogen-bond donors (Lipinski definition) is 2. The SMILES string of the molecule is CCCNc1cc(NCCc2ncno2)nc(CC)n1. The second-order valence-electron chi connectivity index (χ2n) is 4.35. The van der Waals surface area contributed by atoms with E-state index in [0.29, 0.717) is 18.9 Å². The van der Waals surface area contributed by atoms with E-state index in [-0.39, 0.29) is 0 Å². The smallest absolute Gasteiger partial charge is 0.228 e. The minimum Gasteiger partial charge on any atom is -0.370 e. The van der Waals surface area contributed by atoms with Crippen LogP contribution < -0.4 is 10.6 Å². The highest BCUT2D eigenvalue weighted by molar-refractivity contribution is 5.47. The van der Waals surface area contributed by atoms with Crippen molar-refractivity contribution in [3.8, 4) is 0 Å². The first-order chi connectivity index (χ1) is 9.81. The molecule has 0 bridgehead atoms. The van der Waals surface area contributed by atoms with Gasteiger partial charge in [0.25, 0.3) is 0 Å². The van der Waals surface area contributed by atoms with E-state index in [2.05, 4.69) is 37.7 Å². The molecule has 7 heteroatoms. The van der Waals surface area contributed by atoms with Gasteiger partial charge in [-0.1, -0.05) is 19.0 Å². The lowest BCUT2D eigenvalue weighted by Gasteiger charge is -2.09. The summed E-state index contributed by atoms with van der Waals surface area (Å²) in [7, 11) is 0. The number of hydrogen-bond acceptors (Lipinski definition) is 7. The molecule has 108 valence electrons. The second kappa shape index (κ2) is 7.42. The minimum atomic E-state index is 0.617. The van der Waals surface area contributed by atoms with E-state index in [4.69, 9.17) is 4.52 Å². The van der Waals surface area contributed by atoms with Gasteiger partial charge in [0.1, 0.15) is 17.5 Å². The summed E-state index contributed by atoms with van der Waals surface area (Å²) in [6.07, 6.45) is 3.94. The van der Waals surface area contributed by atoms with Gasteiger partial charge in [0.2, 0.25) is 5.89 Å². The lowest BCUT2D eigenvalue weighted by molar-refractivity contribution is 0.379. The van der Waals surface area contributed by atoms with Crippen molar-refractivity contribution < 1.29 is 4.52 Å². The predicted molar refractivity (Wildman–Crippen MR) is 76.7 cm³/mol. The van der Waals surface area contributed by atoms with Crippen LogP contribution in [0.3, 0.4) is 0 Å². The summed E-state index contributed by atoms with van der Waals surface area (Å²) in [5, 5.41) is 10.1. The summed E-state index contributed by atoms with van der Waals surface area (Å²) in [4.78, 5) is 12.9. The molecular formula is C13H20N6O. The van der Waals surface area contributed by atoms with E-state index >= 15 is 0 Å². The highest BCUT2D eigenvalue weighted by atomic mass is 16.5. The third-order valence-electron chi connectivity index (χ3n) is 2.70. The van der Waals surface area contributed by atoms with Gasteiger partial charge in [0.15, 0.2) is 6.33 Å². The van der Waals surface area contributed by atoms with Crippen LogP contribution in [0.15, 0.2) is 16.9 Å². The van der Waals surface area contributed by atoms with Crippen molar-refractivity contribution in [2.45, 2.75) is 33.1 Å². The van der Waals surface area contributed by atoms with Gasteiger partial charge in [0.05, 0.1) is 0 Å². The molecular weight excluding hydrogens is 256 g/mol. The number of nitrogens with zero attached hydrogens (tertiary/aromatic N) is 4. The van der Waals surface area contributed by atoms with Crippen molar-refractivity contribution in [3.05, 3.63) is 24.1 Å². The van der Waals surface area contributed by atoms with Crippen molar-refractivity contribution >= 4 is 11.6 Å². The van der Waals surface area contributed by atoms with Crippen LogP contribution in [0.2, 0.25) is 0 Å². The second-order valence-corrected chi connectivity index (χ2v) is 4.35. The molecule has 2 aromatic rings. The molecule has 0 amide bonds. The molecule has 0 unspecified atom stereocenters. The molecule has 7 nitrogen and oxygen atoms in total. The largest absolute Gasteiger partial charge is 0.370 e. The quantitative estimate of drug-likeness (QED) is 0.761. The molecule has 2 rings (SSSR count). The first kappa shape index (κ1) is 14.2. The Morgan fingerprint density at radius 2 is 1.85 bits per heavy atom. The van der Waals surface area contributed by atoms with Gasteiger partial charge >= 0.3 is 0 Å². The van der Waals surface area contributed by atoms with Crippen LogP contribution in [-0.2, 0) is 12.8 Å². The van der Waals surface area contributed by atoms with E-state index in [1.807, 2.05) is 13.0 Å². The fraction of sp³-hybridized carbons (Fsp3) is 0.538. The summed E-state index contributed by atoms with van der Waals surface area (Å²) in [5.74, 6) is 3.12. The van der Waals surface area contributed by atoms with Gasteiger partial charge in [0, 0.05) is 32.0 Å². The van der Waals surface area contributed by atoms with Crippen LogP contribution in [-0.4, -0.2) is 33.2 Å². The first-order valence-electron chi connectivity index (χ1n) is 6.93. The van der Waals surface area contributed by atoms with Crippen LogP contribution in [0.5, 0.6) is 0 Å². The Morgan fingerprint density at radius 3 is 2.45 bits per heavy atom. The van der Waals surface area contributed by atoms with E-state index in [1.165, 1.54) is 6.33 Å². The maximum absolute atomic E-state index is 4.95. The lowest BCUT2D eigenvalue weighted by Crippen LogP contribution is -2.10. The van der Waals surface area contributed by atoms with Gasteiger partial charge in [-0.25, -0.2) is 9.97 Å². The molecule has 0 aliphatic carbocycles. The molecule has 2 heterocycles. The molecule has 2 aromatic heterocycles. The van der Waals surface area contributed by atoms with Crippen molar-refractivity contribution in [3.63, 3.8) is 0 Å². The molecule has 0 atom stereocenters. The number of nitrogens with one attached hydrogen (secondary N) is 2. The molecule has 0 radical (unpaired) electrons. The average Bonchev–Trinajstić information content (AvgIpc) is 2.98. The summed E-state index contributed by atoms with van der Waals surface area (Å²) in [5.41, 5.74) is 0. The predicted octanol–water partition coefficient (Wildman–Crippen LogP) is 1.90. The van der Waals surface area contributed by atoms with Crippen LogP contribution in [0, 0.1) is 0 Å². The third kappa shape index (κ3) is 4.18. The van der Waals surface area contributed by atoms with Crippen LogP contribution in [0.1, 0.15) is 32.0 Å². The van der Waals surface area contributed by atoms with Crippen molar-refractivity contribution in [2.75, 3.05) is 23.7 Å². The fourth-order valence-corrected chi connectivity index (χ4v) is 1.69. The Hall–Kier alpha value is -2.18. The molecule has 0 fully saturated rings. The number of aryl methyl sites for hydroxylation is 1. The van der Waals surface area contributed by atoms with E-state index in [0.717, 1.165) is 36.8 Å². The molecule has 2 N–H and O–H groups in total. The molecule has 0 aliphatic heterocycles. The van der Waals surface area contributed by atoms with Crippen molar-refractivity contribution in [1.29, 1.82) is 0 Å². The Bertz CT molecular complexity index is 514.